The Morgan fingerprint density at radius 1 is 0.927 bits per heavy atom. The lowest BCUT2D eigenvalue weighted by Gasteiger charge is -2.14. The van der Waals surface area contributed by atoms with E-state index in [-0.39, 0.29) is 11.2 Å². The summed E-state index contributed by atoms with van der Waals surface area (Å²) >= 11 is 0. The molecule has 2 heterocycles. The predicted molar refractivity (Wildman–Crippen MR) is 147 cm³/mol. The summed E-state index contributed by atoms with van der Waals surface area (Å²) in [5, 5.41) is 18.6. The van der Waals surface area contributed by atoms with Crippen LogP contribution >= 0.6 is 0 Å². The maximum Gasteiger partial charge on any atom is 0.490 e. The molecule has 0 fully saturated rings. The molecule has 3 aromatic carbocycles. The predicted octanol–water partition coefficient (Wildman–Crippen LogP) is 5.92. The van der Waals surface area contributed by atoms with Crippen molar-refractivity contribution in [3.05, 3.63) is 117 Å². The number of nitrogens with two attached hydrogens (primary N) is 1. The fourth-order valence-corrected chi connectivity index (χ4v) is 4.01. The summed E-state index contributed by atoms with van der Waals surface area (Å²) in [7, 11) is 0. The van der Waals surface area contributed by atoms with Gasteiger partial charge >= 0.3 is 12.1 Å². The molecule has 0 radical (unpaired) electrons. The van der Waals surface area contributed by atoms with E-state index in [1.54, 1.807) is 18.3 Å². The molecule has 0 aliphatic rings. The number of hydrogen-bond acceptors (Lipinski definition) is 6. The third kappa shape index (κ3) is 6.45. The Morgan fingerprint density at radius 2 is 1.49 bits per heavy atom. The van der Waals surface area contributed by atoms with Crippen LogP contribution in [0.5, 0.6) is 0 Å². The fraction of sp³-hybridized carbons (Fsp3) is 0.0690. The summed E-state index contributed by atoms with van der Waals surface area (Å²) < 4.78 is 31.7. The number of H-pyrrole nitrogens is 1. The van der Waals surface area contributed by atoms with Crippen LogP contribution in [0.15, 0.2) is 95.9 Å². The number of hydrogen-bond donors (Lipinski definition) is 3. The minimum Gasteiger partial charge on any atom is -0.475 e. The molecule has 0 aliphatic carbocycles. The highest BCUT2D eigenvalue weighted by atomic mass is 19.4. The first-order chi connectivity index (χ1) is 19.5. The highest BCUT2D eigenvalue weighted by Crippen LogP contribution is 2.35. The number of alkyl halides is 3. The number of nitrogens with zero attached hydrogens (tertiary/aromatic N) is 2. The van der Waals surface area contributed by atoms with Crippen LogP contribution < -0.4 is 11.3 Å². The summed E-state index contributed by atoms with van der Waals surface area (Å²) in [5.41, 5.74) is 11.8. The summed E-state index contributed by atoms with van der Waals surface area (Å²) in [4.78, 5) is 40.1. The van der Waals surface area contributed by atoms with Crippen molar-refractivity contribution in [3.63, 3.8) is 0 Å². The van der Waals surface area contributed by atoms with Gasteiger partial charge in [0.15, 0.2) is 0 Å². The minimum absolute atomic E-state index is 0.00233. The number of pyridine rings is 2. The lowest BCUT2D eigenvalue weighted by atomic mass is 9.95. The van der Waals surface area contributed by atoms with Crippen molar-refractivity contribution >= 4 is 22.6 Å². The van der Waals surface area contributed by atoms with Crippen molar-refractivity contribution in [3.8, 4) is 33.5 Å². The van der Waals surface area contributed by atoms with E-state index in [0.717, 1.165) is 33.5 Å². The van der Waals surface area contributed by atoms with Crippen molar-refractivity contribution in [2.24, 2.45) is 5.73 Å². The average Bonchev–Trinajstić information content (AvgIpc) is 2.97. The number of carboxylic acids is 1. The number of nitro benzene ring substituents is 1. The van der Waals surface area contributed by atoms with E-state index in [9.17, 15) is 28.1 Å². The normalized spacial score (nSPS) is 11.0. The van der Waals surface area contributed by atoms with Crippen LogP contribution in [-0.4, -0.2) is 32.1 Å². The largest absolute Gasteiger partial charge is 0.490 e. The Morgan fingerprint density at radius 3 is 2.02 bits per heavy atom. The molecule has 0 spiro atoms. The zero-order chi connectivity index (χ0) is 29.7. The lowest BCUT2D eigenvalue weighted by molar-refractivity contribution is -0.384. The van der Waals surface area contributed by atoms with Crippen LogP contribution in [0.3, 0.4) is 0 Å². The molecule has 9 nitrogen and oxygen atoms in total. The molecule has 5 aromatic rings. The second-order valence-electron chi connectivity index (χ2n) is 8.69. The minimum atomic E-state index is -5.08. The van der Waals surface area contributed by atoms with Gasteiger partial charge in [0.25, 0.3) is 11.2 Å². The molecule has 0 saturated heterocycles. The van der Waals surface area contributed by atoms with Gasteiger partial charge in [-0.3, -0.25) is 14.9 Å². The van der Waals surface area contributed by atoms with E-state index >= 15 is 0 Å². The summed E-state index contributed by atoms with van der Waals surface area (Å²) in [6.45, 7) is 0.441. The molecule has 0 bridgehead atoms. The number of carboxylic acid groups (broad SMARTS) is 1. The molecular formula is C29H21F3N4O5. The van der Waals surface area contributed by atoms with Crippen molar-refractivity contribution in [2.45, 2.75) is 12.7 Å². The van der Waals surface area contributed by atoms with E-state index in [1.165, 1.54) is 12.1 Å². The van der Waals surface area contributed by atoms with Gasteiger partial charge < -0.3 is 15.8 Å². The van der Waals surface area contributed by atoms with Gasteiger partial charge in [0.05, 0.1) is 21.5 Å². The Hall–Kier alpha value is -5.36. The summed E-state index contributed by atoms with van der Waals surface area (Å²) in [5.74, 6) is -2.76. The molecule has 4 N–H and O–H groups in total. The van der Waals surface area contributed by atoms with Gasteiger partial charge in [-0.2, -0.15) is 13.2 Å². The number of rotatable bonds is 5. The van der Waals surface area contributed by atoms with Gasteiger partial charge in [-0.05, 0) is 34.9 Å². The number of aromatic amines is 1. The van der Waals surface area contributed by atoms with Crippen molar-refractivity contribution in [2.75, 3.05) is 0 Å². The van der Waals surface area contributed by atoms with E-state index < -0.39 is 17.1 Å². The molecule has 208 valence electrons. The number of aliphatic carboxylic acids is 1. The number of nitro groups is 1. The molecule has 0 saturated carbocycles. The molecular weight excluding hydrogens is 541 g/mol. The number of fused-ring (bicyclic) bond motifs is 1. The Balaban J connectivity index is 0.000000493. The monoisotopic (exact) mass is 562 g/mol. The second kappa shape index (κ2) is 11.8. The van der Waals surface area contributed by atoms with E-state index in [1.807, 2.05) is 60.7 Å². The average molecular weight is 563 g/mol. The van der Waals surface area contributed by atoms with Crippen LogP contribution in [-0.2, 0) is 11.3 Å². The Labute approximate surface area is 229 Å². The Bertz CT molecular complexity index is 1770. The SMILES string of the molecule is NCc1ccc(-c2nc3c(-c4ccc([N+](=O)[O-])cc4)c[nH]c(=O)c3cc2-c2ccccc2)cc1.O=C(O)C(F)(F)F. The smallest absolute Gasteiger partial charge is 0.475 e. The maximum atomic E-state index is 12.8. The van der Waals surface area contributed by atoms with Gasteiger partial charge in [0, 0.05) is 41.6 Å². The van der Waals surface area contributed by atoms with Gasteiger partial charge in [0.1, 0.15) is 0 Å². The lowest BCUT2D eigenvalue weighted by Crippen LogP contribution is -2.21. The molecule has 12 heteroatoms. The van der Waals surface area contributed by atoms with Crippen molar-refractivity contribution < 1.29 is 28.0 Å². The highest BCUT2D eigenvalue weighted by molar-refractivity contribution is 5.98. The summed E-state index contributed by atoms with van der Waals surface area (Å²) in [6.07, 6.45) is -3.48. The number of nitrogens with one attached hydrogen (secondary N) is 1. The zero-order valence-electron chi connectivity index (χ0n) is 21.1. The van der Waals surface area contributed by atoms with Crippen LogP contribution in [0.2, 0.25) is 0 Å². The summed E-state index contributed by atoms with van der Waals surface area (Å²) in [6, 6.07) is 25.7. The fourth-order valence-electron chi connectivity index (χ4n) is 4.01. The number of non-ortho nitro benzene ring substituents is 1. The van der Waals surface area contributed by atoms with Gasteiger partial charge in [0.2, 0.25) is 0 Å². The van der Waals surface area contributed by atoms with Crippen LogP contribution in [0.4, 0.5) is 18.9 Å². The van der Waals surface area contributed by atoms with E-state index in [4.69, 9.17) is 20.6 Å². The molecule has 2 aromatic heterocycles. The molecule has 5 rings (SSSR count). The number of aromatic nitrogens is 2. The third-order valence-corrected chi connectivity index (χ3v) is 6.05. The Kier molecular flexibility index (Phi) is 8.24. The quantitative estimate of drug-likeness (QED) is 0.177. The zero-order valence-corrected chi connectivity index (χ0v) is 21.1. The van der Waals surface area contributed by atoms with Crippen molar-refractivity contribution in [1.29, 1.82) is 0 Å². The van der Waals surface area contributed by atoms with Crippen LogP contribution in [0, 0.1) is 10.1 Å². The first-order valence-corrected chi connectivity index (χ1v) is 12.0. The third-order valence-electron chi connectivity index (χ3n) is 6.05. The molecule has 41 heavy (non-hydrogen) atoms. The number of benzene rings is 3. The first kappa shape index (κ1) is 28.6. The molecule has 0 unspecified atom stereocenters. The van der Waals surface area contributed by atoms with Gasteiger partial charge in [-0.15, -0.1) is 0 Å². The molecule has 0 amide bonds. The van der Waals surface area contributed by atoms with Gasteiger partial charge in [-0.1, -0.05) is 54.6 Å². The number of halogens is 3. The van der Waals surface area contributed by atoms with Crippen LogP contribution in [0.25, 0.3) is 44.4 Å². The van der Waals surface area contributed by atoms with E-state index in [0.29, 0.717) is 23.0 Å². The second-order valence-corrected chi connectivity index (χ2v) is 8.69. The topological polar surface area (TPSA) is 152 Å². The molecule has 0 atom stereocenters. The van der Waals surface area contributed by atoms with Crippen molar-refractivity contribution in [1.82, 2.24) is 9.97 Å². The first-order valence-electron chi connectivity index (χ1n) is 12.0. The number of carbonyl (C=O) groups is 1. The maximum absolute atomic E-state index is 12.8. The standard InChI is InChI=1S/C27H20N4O3.C2HF3O2/c28-15-17-6-8-20(9-7-17)25-22(18-4-2-1-3-5-18)14-23-26(30-25)24(16-29-27(23)32)19-10-12-21(13-11-19)31(33)34;3-2(4,5)1(6)7/h1-14,16H,15,28H2,(H,29,32);(H,6,7). The molecule has 0 aliphatic heterocycles. The highest BCUT2D eigenvalue weighted by Gasteiger charge is 2.38. The van der Waals surface area contributed by atoms with Gasteiger partial charge in [-0.25, -0.2) is 9.78 Å². The van der Waals surface area contributed by atoms with E-state index in [2.05, 4.69) is 4.98 Å². The van der Waals surface area contributed by atoms with Crippen LogP contribution in [0.1, 0.15) is 5.56 Å².